The maximum atomic E-state index is 12.6. The summed E-state index contributed by atoms with van der Waals surface area (Å²) in [5, 5.41) is 0.148. The number of sulfone groups is 1. The highest BCUT2D eigenvalue weighted by molar-refractivity contribution is 7.91. The summed E-state index contributed by atoms with van der Waals surface area (Å²) in [6.07, 6.45) is 4.93. The van der Waals surface area contributed by atoms with Gasteiger partial charge in [-0.2, -0.15) is 0 Å². The minimum atomic E-state index is -3.05. The fraction of sp³-hybridized carbons (Fsp3) is 0.615. The molecule has 1 aliphatic rings. The molecule has 8 heteroatoms. The molecule has 0 N–H and O–H groups in total. The number of carbonyl (C=O) groups is 1. The standard InChI is InChI=1S/C13H18ClN3O3S/c1-2-3-5-17(10-4-6-21(19,20)9-10)13(18)11-7-15-8-12(14)16-11/h7-8,10H,2-6,9H2,1H3. The highest BCUT2D eigenvalue weighted by Crippen LogP contribution is 2.20. The molecule has 1 fully saturated rings. The zero-order valence-corrected chi connectivity index (χ0v) is 13.4. The molecule has 0 radical (unpaired) electrons. The number of carbonyl (C=O) groups excluding carboxylic acids is 1. The van der Waals surface area contributed by atoms with Crippen LogP contribution in [-0.2, 0) is 9.84 Å². The molecule has 0 saturated carbocycles. The maximum Gasteiger partial charge on any atom is 0.274 e. The number of aromatic nitrogens is 2. The molecule has 0 spiro atoms. The van der Waals surface area contributed by atoms with Crippen molar-refractivity contribution in [3.8, 4) is 0 Å². The van der Waals surface area contributed by atoms with E-state index in [9.17, 15) is 13.2 Å². The average Bonchev–Trinajstić information content (AvgIpc) is 2.79. The molecular weight excluding hydrogens is 314 g/mol. The Hall–Kier alpha value is -1.21. The van der Waals surface area contributed by atoms with Crippen molar-refractivity contribution >= 4 is 27.3 Å². The van der Waals surface area contributed by atoms with Gasteiger partial charge in [-0.1, -0.05) is 24.9 Å². The summed E-state index contributed by atoms with van der Waals surface area (Å²) in [6.45, 7) is 2.54. The number of unbranched alkanes of at least 4 members (excludes halogenated alkanes) is 1. The number of halogens is 1. The minimum absolute atomic E-state index is 0.0243. The van der Waals surface area contributed by atoms with Gasteiger partial charge in [-0.15, -0.1) is 0 Å². The molecule has 1 aliphatic heterocycles. The summed E-state index contributed by atoms with van der Waals surface area (Å²) < 4.78 is 23.3. The van der Waals surface area contributed by atoms with Gasteiger partial charge >= 0.3 is 0 Å². The third-order valence-corrected chi connectivity index (χ3v) is 5.42. The van der Waals surface area contributed by atoms with E-state index in [1.54, 1.807) is 4.90 Å². The fourth-order valence-corrected chi connectivity index (χ4v) is 4.27. The van der Waals surface area contributed by atoms with Crippen LogP contribution >= 0.6 is 11.6 Å². The molecule has 1 aromatic heterocycles. The summed E-state index contributed by atoms with van der Waals surface area (Å²) in [7, 11) is -3.05. The first-order chi connectivity index (χ1) is 9.93. The molecule has 1 saturated heterocycles. The fourth-order valence-electron chi connectivity index (χ4n) is 2.39. The van der Waals surface area contributed by atoms with Crippen LogP contribution in [0.2, 0.25) is 5.15 Å². The molecule has 1 amide bonds. The molecule has 0 bridgehead atoms. The first-order valence-corrected chi connectivity index (χ1v) is 9.12. The minimum Gasteiger partial charge on any atom is -0.333 e. The summed E-state index contributed by atoms with van der Waals surface area (Å²) in [4.78, 5) is 22.0. The van der Waals surface area contributed by atoms with E-state index in [-0.39, 0.29) is 34.3 Å². The topological polar surface area (TPSA) is 80.2 Å². The van der Waals surface area contributed by atoms with E-state index in [1.807, 2.05) is 6.92 Å². The third kappa shape index (κ3) is 4.14. The van der Waals surface area contributed by atoms with Gasteiger partial charge in [-0.25, -0.2) is 13.4 Å². The molecule has 0 aromatic carbocycles. The van der Waals surface area contributed by atoms with Crippen molar-refractivity contribution in [3.63, 3.8) is 0 Å². The third-order valence-electron chi connectivity index (χ3n) is 3.49. The maximum absolute atomic E-state index is 12.6. The van der Waals surface area contributed by atoms with E-state index in [0.717, 1.165) is 12.8 Å². The Morgan fingerprint density at radius 3 is 2.81 bits per heavy atom. The van der Waals surface area contributed by atoms with Gasteiger partial charge in [0.2, 0.25) is 0 Å². The number of nitrogens with zero attached hydrogens (tertiary/aromatic N) is 3. The van der Waals surface area contributed by atoms with Crippen LogP contribution in [0.4, 0.5) is 0 Å². The smallest absolute Gasteiger partial charge is 0.274 e. The Bertz CT molecular complexity index is 621. The largest absolute Gasteiger partial charge is 0.333 e. The Morgan fingerprint density at radius 2 is 2.24 bits per heavy atom. The van der Waals surface area contributed by atoms with Gasteiger partial charge in [0.05, 0.1) is 23.9 Å². The van der Waals surface area contributed by atoms with Crippen LogP contribution in [-0.4, -0.2) is 53.3 Å². The lowest BCUT2D eigenvalue weighted by molar-refractivity contribution is 0.0687. The van der Waals surface area contributed by atoms with Crippen LogP contribution in [0.3, 0.4) is 0 Å². The number of hydrogen-bond donors (Lipinski definition) is 0. The van der Waals surface area contributed by atoms with Crippen LogP contribution < -0.4 is 0 Å². The van der Waals surface area contributed by atoms with Crippen LogP contribution in [0.25, 0.3) is 0 Å². The predicted molar refractivity (Wildman–Crippen MR) is 80.0 cm³/mol. The van der Waals surface area contributed by atoms with Gasteiger partial charge in [0, 0.05) is 12.6 Å². The van der Waals surface area contributed by atoms with Crippen LogP contribution in [0.5, 0.6) is 0 Å². The zero-order valence-electron chi connectivity index (χ0n) is 11.8. The Balaban J connectivity index is 2.21. The molecule has 116 valence electrons. The monoisotopic (exact) mass is 331 g/mol. The molecule has 2 heterocycles. The number of amides is 1. The van der Waals surface area contributed by atoms with E-state index in [4.69, 9.17) is 11.6 Å². The second-order valence-corrected chi connectivity index (χ2v) is 7.75. The summed E-state index contributed by atoms with van der Waals surface area (Å²) in [6, 6.07) is -0.283. The summed E-state index contributed by atoms with van der Waals surface area (Å²) in [5.74, 6) is -0.147. The molecule has 21 heavy (non-hydrogen) atoms. The normalized spacial score (nSPS) is 20.4. The molecule has 2 rings (SSSR count). The lowest BCUT2D eigenvalue weighted by Crippen LogP contribution is -2.42. The highest BCUT2D eigenvalue weighted by Gasteiger charge is 2.35. The zero-order chi connectivity index (χ0) is 15.5. The van der Waals surface area contributed by atoms with Crippen molar-refractivity contribution in [1.82, 2.24) is 14.9 Å². The Morgan fingerprint density at radius 1 is 1.48 bits per heavy atom. The molecule has 1 aromatic rings. The van der Waals surface area contributed by atoms with E-state index in [2.05, 4.69) is 9.97 Å². The molecular formula is C13H18ClN3O3S. The first-order valence-electron chi connectivity index (χ1n) is 6.92. The predicted octanol–water partition coefficient (Wildman–Crippen LogP) is 1.56. The van der Waals surface area contributed by atoms with Gasteiger partial charge < -0.3 is 4.90 Å². The molecule has 1 atom stereocenters. The van der Waals surface area contributed by atoms with Gasteiger partial charge in [0.1, 0.15) is 10.8 Å². The molecule has 1 unspecified atom stereocenters. The van der Waals surface area contributed by atoms with E-state index in [0.29, 0.717) is 13.0 Å². The van der Waals surface area contributed by atoms with Crippen molar-refractivity contribution in [2.45, 2.75) is 32.2 Å². The van der Waals surface area contributed by atoms with Gasteiger partial charge in [0.15, 0.2) is 9.84 Å². The van der Waals surface area contributed by atoms with Crippen molar-refractivity contribution in [3.05, 3.63) is 23.2 Å². The van der Waals surface area contributed by atoms with E-state index in [1.165, 1.54) is 12.4 Å². The summed E-state index contributed by atoms with van der Waals surface area (Å²) in [5.41, 5.74) is 0.155. The lowest BCUT2D eigenvalue weighted by atomic mass is 10.2. The van der Waals surface area contributed by atoms with Crippen LogP contribution in [0.1, 0.15) is 36.7 Å². The summed E-state index contributed by atoms with van der Waals surface area (Å²) >= 11 is 5.76. The van der Waals surface area contributed by atoms with Crippen molar-refractivity contribution in [2.75, 3.05) is 18.1 Å². The number of hydrogen-bond acceptors (Lipinski definition) is 5. The second kappa shape index (κ2) is 6.70. The van der Waals surface area contributed by atoms with Crippen LogP contribution in [0.15, 0.2) is 12.4 Å². The number of rotatable bonds is 5. The van der Waals surface area contributed by atoms with Crippen molar-refractivity contribution < 1.29 is 13.2 Å². The van der Waals surface area contributed by atoms with E-state index < -0.39 is 9.84 Å². The Labute approximate surface area is 129 Å². The van der Waals surface area contributed by atoms with Crippen LogP contribution in [0, 0.1) is 0 Å². The molecule has 6 nitrogen and oxygen atoms in total. The van der Waals surface area contributed by atoms with Gasteiger partial charge in [-0.05, 0) is 12.8 Å². The lowest BCUT2D eigenvalue weighted by Gasteiger charge is -2.27. The van der Waals surface area contributed by atoms with Gasteiger partial charge in [0.25, 0.3) is 5.91 Å². The second-order valence-electron chi connectivity index (χ2n) is 5.14. The average molecular weight is 332 g/mol. The first kappa shape index (κ1) is 16.2. The molecule has 0 aliphatic carbocycles. The van der Waals surface area contributed by atoms with Crippen molar-refractivity contribution in [2.24, 2.45) is 0 Å². The quantitative estimate of drug-likeness (QED) is 0.818. The SMILES string of the molecule is CCCCN(C(=O)c1cncc(Cl)n1)C1CCS(=O)(=O)C1. The Kier molecular flexibility index (Phi) is 5.16. The van der Waals surface area contributed by atoms with Gasteiger partial charge in [-0.3, -0.25) is 9.78 Å². The van der Waals surface area contributed by atoms with Crippen molar-refractivity contribution in [1.29, 1.82) is 0 Å². The highest BCUT2D eigenvalue weighted by atomic mass is 35.5. The van der Waals surface area contributed by atoms with E-state index >= 15 is 0 Å².